The largest absolute Gasteiger partial charge is 0.466 e. The molecular weight excluding hydrogens is 356 g/mol. The Morgan fingerprint density at radius 2 is 2.22 bits per heavy atom. The maximum absolute atomic E-state index is 12.2. The second-order valence-electron chi connectivity index (χ2n) is 4.46. The van der Waals surface area contributed by atoms with Crippen LogP contribution in [0.25, 0.3) is 0 Å². The molecule has 1 amide bonds. The van der Waals surface area contributed by atoms with E-state index in [1.807, 2.05) is 6.92 Å². The SMILES string of the molecule is CCOC(=O)Cc1csc(NC(=O)C(C)Sc2nnc(C)s2)n1. The van der Waals surface area contributed by atoms with E-state index in [9.17, 15) is 9.59 Å². The van der Waals surface area contributed by atoms with Crippen molar-refractivity contribution < 1.29 is 14.3 Å². The van der Waals surface area contributed by atoms with E-state index in [0.717, 1.165) is 9.35 Å². The third kappa shape index (κ3) is 5.56. The van der Waals surface area contributed by atoms with Crippen molar-refractivity contribution in [3.8, 4) is 0 Å². The maximum atomic E-state index is 12.2. The lowest BCUT2D eigenvalue weighted by Crippen LogP contribution is -2.22. The number of carbonyl (C=O) groups excluding carboxylic acids is 2. The van der Waals surface area contributed by atoms with Gasteiger partial charge in [0.05, 0.1) is 24.0 Å². The Bertz CT molecular complexity index is 686. The molecule has 2 rings (SSSR count). The monoisotopic (exact) mass is 372 g/mol. The third-order valence-electron chi connectivity index (χ3n) is 2.57. The Hall–Kier alpha value is -1.52. The zero-order valence-electron chi connectivity index (χ0n) is 12.9. The van der Waals surface area contributed by atoms with Crippen LogP contribution in [0.1, 0.15) is 24.5 Å². The van der Waals surface area contributed by atoms with E-state index in [1.54, 1.807) is 19.2 Å². The summed E-state index contributed by atoms with van der Waals surface area (Å²) >= 11 is 4.08. The van der Waals surface area contributed by atoms with Crippen LogP contribution in [0.5, 0.6) is 0 Å². The molecule has 0 aliphatic heterocycles. The number of esters is 1. The van der Waals surface area contributed by atoms with Gasteiger partial charge in [-0.05, 0) is 20.8 Å². The van der Waals surface area contributed by atoms with Gasteiger partial charge in [0.2, 0.25) is 5.91 Å². The molecule has 124 valence electrons. The molecule has 0 spiro atoms. The van der Waals surface area contributed by atoms with Crippen LogP contribution in [0, 0.1) is 6.92 Å². The Balaban J connectivity index is 1.87. The molecule has 1 N–H and O–H groups in total. The molecule has 2 aromatic rings. The molecule has 0 fully saturated rings. The van der Waals surface area contributed by atoms with Gasteiger partial charge in [-0.2, -0.15) is 0 Å². The number of aryl methyl sites for hydroxylation is 1. The molecule has 1 atom stereocenters. The predicted molar refractivity (Wildman–Crippen MR) is 91.0 cm³/mol. The fourth-order valence-electron chi connectivity index (χ4n) is 1.54. The quantitative estimate of drug-likeness (QED) is 0.589. The van der Waals surface area contributed by atoms with E-state index in [1.165, 1.54) is 34.4 Å². The van der Waals surface area contributed by atoms with Gasteiger partial charge in [0.25, 0.3) is 0 Å². The summed E-state index contributed by atoms with van der Waals surface area (Å²) in [5, 5.41) is 13.4. The van der Waals surface area contributed by atoms with Crippen molar-refractivity contribution in [2.45, 2.75) is 36.8 Å². The number of nitrogens with zero attached hydrogens (tertiary/aromatic N) is 3. The molecule has 0 bridgehead atoms. The van der Waals surface area contributed by atoms with Crippen molar-refractivity contribution in [3.05, 3.63) is 16.1 Å². The number of anilines is 1. The summed E-state index contributed by atoms with van der Waals surface area (Å²) in [7, 11) is 0. The summed E-state index contributed by atoms with van der Waals surface area (Å²) in [5.41, 5.74) is 0.587. The van der Waals surface area contributed by atoms with Crippen molar-refractivity contribution in [3.63, 3.8) is 0 Å². The number of hydrogen-bond acceptors (Lipinski definition) is 9. The Morgan fingerprint density at radius 1 is 1.43 bits per heavy atom. The van der Waals surface area contributed by atoms with Gasteiger partial charge in [-0.3, -0.25) is 9.59 Å². The summed E-state index contributed by atoms with van der Waals surface area (Å²) in [6, 6.07) is 0. The summed E-state index contributed by atoms with van der Waals surface area (Å²) in [6.07, 6.45) is 0.106. The highest BCUT2D eigenvalue weighted by Crippen LogP contribution is 2.27. The van der Waals surface area contributed by atoms with Gasteiger partial charge in [0.1, 0.15) is 5.01 Å². The van der Waals surface area contributed by atoms with Crippen LogP contribution in [0.3, 0.4) is 0 Å². The molecule has 0 aromatic carbocycles. The number of nitrogens with one attached hydrogen (secondary N) is 1. The van der Waals surface area contributed by atoms with Crippen LogP contribution in [-0.4, -0.2) is 38.9 Å². The molecule has 2 heterocycles. The first kappa shape index (κ1) is 17.8. The zero-order valence-corrected chi connectivity index (χ0v) is 15.3. The molecule has 23 heavy (non-hydrogen) atoms. The minimum Gasteiger partial charge on any atom is -0.466 e. The maximum Gasteiger partial charge on any atom is 0.311 e. The average Bonchev–Trinajstić information content (AvgIpc) is 3.08. The van der Waals surface area contributed by atoms with E-state index in [0.29, 0.717) is 17.4 Å². The standard InChI is InChI=1S/C13H16N4O3S3/c1-4-20-10(18)5-9-6-21-12(14-9)15-11(19)7(2)22-13-17-16-8(3)23-13/h6-7H,4-5H2,1-3H3,(H,14,15,19). The fourth-order valence-corrected chi connectivity index (χ4v) is 4.22. The number of ether oxygens (including phenoxy) is 1. The van der Waals surface area contributed by atoms with E-state index in [4.69, 9.17) is 4.74 Å². The fraction of sp³-hybridized carbons (Fsp3) is 0.462. The van der Waals surface area contributed by atoms with Gasteiger partial charge in [-0.1, -0.05) is 23.1 Å². The van der Waals surface area contributed by atoms with Crippen molar-refractivity contribution in [2.75, 3.05) is 11.9 Å². The molecule has 0 radical (unpaired) electrons. The summed E-state index contributed by atoms with van der Waals surface area (Å²) < 4.78 is 5.62. The first-order valence-corrected chi connectivity index (χ1v) is 9.43. The second kappa shape index (κ2) is 8.37. The van der Waals surface area contributed by atoms with Crippen LogP contribution in [0.2, 0.25) is 0 Å². The molecular formula is C13H16N4O3S3. The summed E-state index contributed by atoms with van der Waals surface area (Å²) in [4.78, 5) is 27.8. The molecule has 0 saturated heterocycles. The average molecular weight is 372 g/mol. The number of thiazole rings is 1. The van der Waals surface area contributed by atoms with Gasteiger partial charge in [0, 0.05) is 5.38 Å². The molecule has 0 aliphatic rings. The lowest BCUT2D eigenvalue weighted by atomic mass is 10.3. The van der Waals surface area contributed by atoms with E-state index < -0.39 is 0 Å². The number of aromatic nitrogens is 3. The topological polar surface area (TPSA) is 94.1 Å². The van der Waals surface area contributed by atoms with Crippen LogP contribution in [-0.2, 0) is 20.7 Å². The van der Waals surface area contributed by atoms with E-state index in [2.05, 4.69) is 20.5 Å². The van der Waals surface area contributed by atoms with Crippen molar-refractivity contribution in [1.82, 2.24) is 15.2 Å². The van der Waals surface area contributed by atoms with Crippen molar-refractivity contribution in [2.24, 2.45) is 0 Å². The number of hydrogen-bond donors (Lipinski definition) is 1. The Morgan fingerprint density at radius 3 is 2.87 bits per heavy atom. The first-order valence-electron chi connectivity index (χ1n) is 6.85. The van der Waals surface area contributed by atoms with Crippen LogP contribution >= 0.6 is 34.4 Å². The zero-order chi connectivity index (χ0) is 16.8. The molecule has 1 unspecified atom stereocenters. The van der Waals surface area contributed by atoms with Crippen molar-refractivity contribution >= 4 is 51.4 Å². The van der Waals surface area contributed by atoms with Crippen LogP contribution < -0.4 is 5.32 Å². The Labute approximate surface area is 145 Å². The van der Waals surface area contributed by atoms with E-state index in [-0.39, 0.29) is 23.5 Å². The lowest BCUT2D eigenvalue weighted by molar-refractivity contribution is -0.142. The minimum absolute atomic E-state index is 0.106. The first-order chi connectivity index (χ1) is 11.0. The Kier molecular flexibility index (Phi) is 6.48. The predicted octanol–water partition coefficient (Wildman–Crippen LogP) is 2.53. The van der Waals surface area contributed by atoms with Crippen LogP contribution in [0.15, 0.2) is 9.72 Å². The molecule has 2 aromatic heterocycles. The van der Waals surface area contributed by atoms with E-state index >= 15 is 0 Å². The summed E-state index contributed by atoms with van der Waals surface area (Å²) in [6.45, 7) is 5.76. The van der Waals surface area contributed by atoms with Gasteiger partial charge in [0.15, 0.2) is 9.47 Å². The molecule has 7 nitrogen and oxygen atoms in total. The highest BCUT2D eigenvalue weighted by Gasteiger charge is 2.18. The second-order valence-corrected chi connectivity index (χ2v) is 8.09. The van der Waals surface area contributed by atoms with Gasteiger partial charge in [-0.25, -0.2) is 4.98 Å². The summed E-state index contributed by atoms with van der Waals surface area (Å²) in [5.74, 6) is -0.494. The lowest BCUT2D eigenvalue weighted by Gasteiger charge is -2.07. The van der Waals surface area contributed by atoms with Gasteiger partial charge in [-0.15, -0.1) is 21.5 Å². The van der Waals surface area contributed by atoms with Gasteiger partial charge < -0.3 is 10.1 Å². The van der Waals surface area contributed by atoms with Crippen molar-refractivity contribution in [1.29, 1.82) is 0 Å². The number of carbonyl (C=O) groups is 2. The smallest absolute Gasteiger partial charge is 0.311 e. The number of thioether (sulfide) groups is 1. The van der Waals surface area contributed by atoms with Crippen LogP contribution in [0.4, 0.5) is 5.13 Å². The highest BCUT2D eigenvalue weighted by molar-refractivity contribution is 8.02. The third-order valence-corrected chi connectivity index (χ3v) is 5.40. The minimum atomic E-state index is -0.328. The molecule has 10 heteroatoms. The highest BCUT2D eigenvalue weighted by atomic mass is 32.2. The van der Waals surface area contributed by atoms with Gasteiger partial charge >= 0.3 is 5.97 Å². The number of amides is 1. The normalized spacial score (nSPS) is 12.0. The molecule has 0 saturated carbocycles. The molecule has 0 aliphatic carbocycles. The number of rotatable bonds is 7.